The molecule has 6 atom stereocenters. The van der Waals surface area contributed by atoms with Crippen LogP contribution in [0.3, 0.4) is 0 Å². The van der Waals surface area contributed by atoms with Gasteiger partial charge in [-0.1, -0.05) is 44.1 Å². The Bertz CT molecular complexity index is 1190. The summed E-state index contributed by atoms with van der Waals surface area (Å²) in [5.74, 6) is -0.654. The Morgan fingerprint density at radius 2 is 1.97 bits per heavy atom. The van der Waals surface area contributed by atoms with Crippen molar-refractivity contribution in [3.8, 4) is 0 Å². The highest BCUT2D eigenvalue weighted by Crippen LogP contribution is 2.48. The van der Waals surface area contributed by atoms with E-state index in [9.17, 15) is 28.8 Å². The summed E-state index contributed by atoms with van der Waals surface area (Å²) in [6, 6.07) is -0.239. The molecule has 17 heteroatoms. The third kappa shape index (κ3) is 9.22. The largest absolute Gasteiger partial charge is 0.462 e. The first kappa shape index (κ1) is 33.6. The molecular weight excluding hydrogens is 584 g/mol. The Hall–Kier alpha value is -1.58. The fraction of sp³-hybridized carbons (Fsp3) is 0.727. The van der Waals surface area contributed by atoms with Crippen LogP contribution in [0, 0.1) is 5.41 Å². The first-order valence-electron chi connectivity index (χ1n) is 11.9. The average Bonchev–Trinajstić information content (AvgIpc) is 3.03. The molecule has 1 fully saturated rings. The van der Waals surface area contributed by atoms with E-state index in [-0.39, 0.29) is 17.5 Å². The van der Waals surface area contributed by atoms with Gasteiger partial charge in [0.15, 0.2) is 11.3 Å². The number of rotatable bonds is 12. The van der Waals surface area contributed by atoms with Gasteiger partial charge in [-0.05, 0) is 20.8 Å². The summed E-state index contributed by atoms with van der Waals surface area (Å²) >= 11 is 6.81. The number of thioether (sulfide) groups is 1. The molecule has 1 saturated heterocycles. The van der Waals surface area contributed by atoms with Gasteiger partial charge >= 0.3 is 19.4 Å². The number of nitrogens with one attached hydrogen (secondary N) is 2. The Labute approximate surface area is 233 Å². The lowest BCUT2D eigenvalue weighted by Crippen LogP contribution is -2.42. The summed E-state index contributed by atoms with van der Waals surface area (Å²) < 4.78 is 50.6. The smallest absolute Gasteiger partial charge is 0.406 e. The van der Waals surface area contributed by atoms with E-state index < -0.39 is 72.7 Å². The van der Waals surface area contributed by atoms with Gasteiger partial charge in [-0.3, -0.25) is 33.0 Å². The Morgan fingerprint density at radius 3 is 2.54 bits per heavy atom. The van der Waals surface area contributed by atoms with Crippen molar-refractivity contribution in [3.63, 3.8) is 0 Å². The first-order chi connectivity index (χ1) is 17.9. The molecular formula is C22H34ClFN3O10PS. The first-order valence-corrected chi connectivity index (χ1v) is 14.9. The number of carbonyl (C=O) groups is 2. The van der Waals surface area contributed by atoms with Crippen LogP contribution in [-0.2, 0) is 32.7 Å². The quantitative estimate of drug-likeness (QED) is 0.135. The zero-order chi connectivity index (χ0) is 29.8. The van der Waals surface area contributed by atoms with Gasteiger partial charge in [0.25, 0.3) is 10.7 Å². The maximum Gasteiger partial charge on any atom is 0.406 e. The van der Waals surface area contributed by atoms with E-state index in [2.05, 4.69) is 5.09 Å². The highest BCUT2D eigenvalue weighted by molar-refractivity contribution is 8.13. The van der Waals surface area contributed by atoms with Crippen molar-refractivity contribution in [1.29, 1.82) is 0 Å². The van der Waals surface area contributed by atoms with Gasteiger partial charge < -0.3 is 14.6 Å². The third-order valence-corrected chi connectivity index (χ3v) is 8.51. The molecule has 1 aliphatic heterocycles. The number of alkyl halides is 2. The van der Waals surface area contributed by atoms with Crippen LogP contribution < -0.4 is 16.3 Å². The van der Waals surface area contributed by atoms with Crippen LogP contribution in [-0.4, -0.2) is 74.2 Å². The van der Waals surface area contributed by atoms with Gasteiger partial charge in [0.2, 0.25) is 0 Å². The summed E-state index contributed by atoms with van der Waals surface area (Å²) in [6.07, 6.45) is -5.02. The minimum atomic E-state index is -4.35. The normalized spacial score (nSPS) is 25.8. The minimum Gasteiger partial charge on any atom is -0.462 e. The van der Waals surface area contributed by atoms with Crippen LogP contribution in [0.25, 0.3) is 0 Å². The molecule has 0 aliphatic carbocycles. The summed E-state index contributed by atoms with van der Waals surface area (Å²) in [4.78, 5) is 49.8. The lowest BCUT2D eigenvalue weighted by Gasteiger charge is -2.25. The number of aromatic amines is 1. The van der Waals surface area contributed by atoms with Gasteiger partial charge in [0, 0.05) is 23.4 Å². The summed E-state index contributed by atoms with van der Waals surface area (Å²) in [6.45, 7) is 8.83. The predicted octanol–water partition coefficient (Wildman–Crippen LogP) is 2.08. The Morgan fingerprint density at radius 1 is 1.33 bits per heavy atom. The number of ether oxygens (including phenoxy) is 2. The molecule has 3 N–H and O–H groups in total. The molecule has 0 amide bonds. The van der Waals surface area contributed by atoms with Gasteiger partial charge in [-0.25, -0.2) is 18.8 Å². The molecule has 0 saturated carbocycles. The highest BCUT2D eigenvalue weighted by Gasteiger charge is 2.58. The number of H-pyrrole nitrogens is 1. The number of esters is 1. The second-order valence-electron chi connectivity index (χ2n) is 10.0. The summed E-state index contributed by atoms with van der Waals surface area (Å²) in [5.41, 5.74) is -2.40. The standard InChI is InChI=1S/C22H34ClFN3O10PS/c1-12(2)36-17(30)13(3)26-38(33,34-9-10-39-19(31)21(4,5)6)35-11-14-16(29)22(23,24)18(37-14)27-8-7-15(28)25-20(27)32/h7-8,12-14,16,18,29H,9-11H2,1-6H3,(H,26,33)(H,25,28,32)/t13-,14+,16+,18+,22-,38+/m0/s1. The van der Waals surface area contributed by atoms with Crippen molar-refractivity contribution in [1.82, 2.24) is 14.6 Å². The second-order valence-corrected chi connectivity index (χ2v) is 13.4. The topological polar surface area (TPSA) is 175 Å². The summed E-state index contributed by atoms with van der Waals surface area (Å²) in [7, 11) is -4.35. The molecule has 0 aromatic carbocycles. The number of aromatic nitrogens is 2. The van der Waals surface area contributed by atoms with Crippen molar-refractivity contribution in [2.45, 2.75) is 77.3 Å². The summed E-state index contributed by atoms with van der Waals surface area (Å²) in [5, 5.41) is 9.70. The molecule has 2 heterocycles. The van der Waals surface area contributed by atoms with Crippen molar-refractivity contribution in [3.05, 3.63) is 33.1 Å². The van der Waals surface area contributed by atoms with E-state index in [1.165, 1.54) is 6.92 Å². The van der Waals surface area contributed by atoms with Gasteiger partial charge in [0.1, 0.15) is 18.2 Å². The van der Waals surface area contributed by atoms with Crippen molar-refractivity contribution < 1.29 is 42.2 Å². The third-order valence-electron chi connectivity index (χ3n) is 5.14. The van der Waals surface area contributed by atoms with Crippen molar-refractivity contribution >= 4 is 42.2 Å². The fourth-order valence-corrected chi connectivity index (χ4v) is 5.82. The molecule has 39 heavy (non-hydrogen) atoms. The molecule has 0 bridgehead atoms. The number of hydrogen-bond donors (Lipinski definition) is 3. The van der Waals surface area contributed by atoms with Crippen LogP contribution in [0.4, 0.5) is 4.39 Å². The van der Waals surface area contributed by atoms with Crippen LogP contribution in [0.5, 0.6) is 0 Å². The lowest BCUT2D eigenvalue weighted by molar-refractivity contribution is -0.149. The predicted molar refractivity (Wildman–Crippen MR) is 141 cm³/mol. The van der Waals surface area contributed by atoms with Crippen LogP contribution in [0.15, 0.2) is 21.9 Å². The fourth-order valence-electron chi connectivity index (χ4n) is 3.13. The highest BCUT2D eigenvalue weighted by atomic mass is 35.5. The lowest BCUT2D eigenvalue weighted by atomic mass is 10.00. The number of hydrogen-bond acceptors (Lipinski definition) is 11. The van der Waals surface area contributed by atoms with E-state index in [0.29, 0.717) is 4.57 Å². The number of aliphatic hydroxyl groups is 1. The Balaban J connectivity index is 2.16. The number of aliphatic hydroxyl groups excluding tert-OH is 1. The van der Waals surface area contributed by atoms with E-state index in [1.54, 1.807) is 34.6 Å². The number of halogens is 2. The van der Waals surface area contributed by atoms with Gasteiger partial charge in [-0.2, -0.15) is 0 Å². The van der Waals surface area contributed by atoms with Crippen molar-refractivity contribution in [2.24, 2.45) is 5.41 Å². The van der Waals surface area contributed by atoms with E-state index in [4.69, 9.17) is 30.1 Å². The number of carbonyl (C=O) groups excluding carboxylic acids is 2. The molecule has 0 spiro atoms. The molecule has 1 aromatic rings. The number of nitrogens with zero attached hydrogens (tertiary/aromatic N) is 1. The maximum absolute atomic E-state index is 15.2. The van der Waals surface area contributed by atoms with Gasteiger partial charge in [-0.15, -0.1) is 0 Å². The Kier molecular flexibility index (Phi) is 11.5. The zero-order valence-electron chi connectivity index (χ0n) is 22.3. The van der Waals surface area contributed by atoms with Crippen LogP contribution in [0.2, 0.25) is 0 Å². The monoisotopic (exact) mass is 617 g/mol. The van der Waals surface area contributed by atoms with Crippen LogP contribution >= 0.6 is 31.1 Å². The molecule has 0 radical (unpaired) electrons. The molecule has 1 aliphatic rings. The minimum absolute atomic E-state index is 0.102. The molecule has 2 rings (SSSR count). The van der Waals surface area contributed by atoms with Gasteiger partial charge in [0.05, 0.1) is 19.3 Å². The zero-order valence-corrected chi connectivity index (χ0v) is 24.8. The second kappa shape index (κ2) is 13.4. The van der Waals surface area contributed by atoms with E-state index >= 15 is 4.39 Å². The molecule has 222 valence electrons. The molecule has 13 nitrogen and oxygen atoms in total. The van der Waals surface area contributed by atoms with E-state index in [0.717, 1.165) is 24.0 Å². The average molecular weight is 618 g/mol. The van der Waals surface area contributed by atoms with Crippen LogP contribution in [0.1, 0.15) is 47.8 Å². The molecule has 0 unspecified atom stereocenters. The van der Waals surface area contributed by atoms with E-state index in [1.807, 2.05) is 4.98 Å². The molecule has 1 aromatic heterocycles. The van der Waals surface area contributed by atoms with Crippen molar-refractivity contribution in [2.75, 3.05) is 19.0 Å². The maximum atomic E-state index is 15.2. The SMILES string of the molecule is CC(C)OC(=O)[C@H](C)N[P@@](=O)(OCCSC(=O)C(C)(C)C)OC[C@H]1O[C@@H](n2ccc(=O)[nH]c2=O)[C@](F)(Cl)[C@@H]1O.